The predicted octanol–water partition coefficient (Wildman–Crippen LogP) is 5.29. The molecule has 6 nitrogen and oxygen atoms in total. The fourth-order valence-electron chi connectivity index (χ4n) is 3.24. The summed E-state index contributed by atoms with van der Waals surface area (Å²) in [4.78, 5) is 25.4. The molecule has 30 heavy (non-hydrogen) atoms. The maximum Gasteiger partial charge on any atom is 0.255 e. The van der Waals surface area contributed by atoms with Gasteiger partial charge >= 0.3 is 0 Å². The summed E-state index contributed by atoms with van der Waals surface area (Å²) in [5.74, 6) is 0.384. The van der Waals surface area contributed by atoms with Crippen LogP contribution in [0.3, 0.4) is 0 Å². The molecule has 0 saturated carbocycles. The number of halogens is 2. The van der Waals surface area contributed by atoms with Gasteiger partial charge in [-0.25, -0.2) is 9.97 Å². The van der Waals surface area contributed by atoms with Crippen molar-refractivity contribution in [2.24, 2.45) is 4.99 Å². The van der Waals surface area contributed by atoms with Gasteiger partial charge in [-0.2, -0.15) is 0 Å². The molecule has 1 N–H and O–H groups in total. The number of benzene rings is 2. The first-order chi connectivity index (χ1) is 14.4. The molecule has 1 aliphatic rings. The molecule has 2 heterocycles. The highest BCUT2D eigenvalue weighted by Crippen LogP contribution is 2.31. The van der Waals surface area contributed by atoms with Crippen LogP contribution in [0.15, 0.2) is 53.8 Å². The van der Waals surface area contributed by atoms with Crippen molar-refractivity contribution in [3.05, 3.63) is 81.4 Å². The zero-order valence-electron chi connectivity index (χ0n) is 16.3. The molecule has 3 aromatic rings. The maximum absolute atomic E-state index is 12.5. The van der Waals surface area contributed by atoms with Crippen molar-refractivity contribution in [2.45, 2.75) is 19.9 Å². The third kappa shape index (κ3) is 4.15. The van der Waals surface area contributed by atoms with E-state index in [0.29, 0.717) is 32.9 Å². The maximum atomic E-state index is 12.5. The average molecular weight is 441 g/mol. The van der Waals surface area contributed by atoms with Crippen molar-refractivity contribution < 1.29 is 9.53 Å². The normalized spacial score (nSPS) is 14.8. The van der Waals surface area contributed by atoms with E-state index in [2.05, 4.69) is 20.3 Å². The molecule has 1 aliphatic heterocycles. The van der Waals surface area contributed by atoms with Gasteiger partial charge in [0.25, 0.3) is 5.91 Å². The zero-order chi connectivity index (χ0) is 21.3. The van der Waals surface area contributed by atoms with Gasteiger partial charge in [0.15, 0.2) is 0 Å². The molecule has 0 saturated heterocycles. The van der Waals surface area contributed by atoms with E-state index in [1.54, 1.807) is 30.3 Å². The third-order valence-corrected chi connectivity index (χ3v) is 5.28. The highest BCUT2D eigenvalue weighted by Gasteiger charge is 2.27. The van der Waals surface area contributed by atoms with Crippen LogP contribution < -0.4 is 10.1 Å². The zero-order valence-corrected chi connectivity index (χ0v) is 17.8. The van der Waals surface area contributed by atoms with E-state index < -0.39 is 0 Å². The van der Waals surface area contributed by atoms with Crippen molar-refractivity contribution in [3.63, 3.8) is 0 Å². The summed E-state index contributed by atoms with van der Waals surface area (Å²) in [7, 11) is 0. The molecule has 2 aromatic carbocycles. The molecular formula is C22H18Cl2N4O2. The Morgan fingerprint density at radius 3 is 2.80 bits per heavy atom. The average Bonchev–Trinajstić information content (AvgIpc) is 3.05. The van der Waals surface area contributed by atoms with Gasteiger partial charge in [0, 0.05) is 22.3 Å². The number of ether oxygens (including phenoxy) is 1. The number of nitrogens with zero attached hydrogens (tertiary/aromatic N) is 3. The molecule has 1 atom stereocenters. The SMILES string of the molecule is Cc1ccc(NC(=O)c2cccc(Cl)c2)cc1OCC1=NC(C)c2ncnc(Cl)c21. The van der Waals surface area contributed by atoms with Crippen LogP contribution in [0.1, 0.15) is 40.1 Å². The fourth-order valence-corrected chi connectivity index (χ4v) is 3.68. The molecule has 4 rings (SSSR count). The van der Waals surface area contributed by atoms with Gasteiger partial charge in [0.1, 0.15) is 23.8 Å². The van der Waals surface area contributed by atoms with Crippen LogP contribution in [0, 0.1) is 6.92 Å². The van der Waals surface area contributed by atoms with Crippen molar-refractivity contribution in [1.82, 2.24) is 9.97 Å². The van der Waals surface area contributed by atoms with Gasteiger partial charge in [-0.15, -0.1) is 0 Å². The summed E-state index contributed by atoms with van der Waals surface area (Å²) in [6.45, 7) is 4.10. The van der Waals surface area contributed by atoms with E-state index in [4.69, 9.17) is 27.9 Å². The van der Waals surface area contributed by atoms with Gasteiger partial charge in [0.05, 0.1) is 23.0 Å². The van der Waals surface area contributed by atoms with E-state index in [-0.39, 0.29) is 18.6 Å². The third-order valence-electron chi connectivity index (χ3n) is 4.76. The Labute approximate surface area is 183 Å². The Morgan fingerprint density at radius 1 is 1.17 bits per heavy atom. The Morgan fingerprint density at radius 2 is 2.00 bits per heavy atom. The Kier molecular flexibility index (Phi) is 5.70. The first kappa shape index (κ1) is 20.3. The number of hydrogen-bond donors (Lipinski definition) is 1. The van der Waals surface area contributed by atoms with E-state index >= 15 is 0 Å². The molecule has 0 radical (unpaired) electrons. The van der Waals surface area contributed by atoms with Gasteiger partial charge in [-0.3, -0.25) is 9.79 Å². The smallest absolute Gasteiger partial charge is 0.255 e. The van der Waals surface area contributed by atoms with Crippen LogP contribution in [0.4, 0.5) is 5.69 Å². The topological polar surface area (TPSA) is 76.5 Å². The lowest BCUT2D eigenvalue weighted by Crippen LogP contribution is -2.14. The molecule has 8 heteroatoms. The number of amides is 1. The molecular weight excluding hydrogens is 423 g/mol. The van der Waals surface area contributed by atoms with Crippen molar-refractivity contribution in [1.29, 1.82) is 0 Å². The van der Waals surface area contributed by atoms with E-state index in [1.165, 1.54) is 6.33 Å². The molecule has 0 aliphatic carbocycles. The highest BCUT2D eigenvalue weighted by molar-refractivity contribution is 6.33. The Hall–Kier alpha value is -2.96. The van der Waals surface area contributed by atoms with Crippen molar-refractivity contribution >= 4 is 40.5 Å². The second-order valence-electron chi connectivity index (χ2n) is 6.91. The summed E-state index contributed by atoms with van der Waals surface area (Å²) in [6.07, 6.45) is 1.44. The highest BCUT2D eigenvalue weighted by atomic mass is 35.5. The van der Waals surface area contributed by atoms with Crippen LogP contribution in [-0.4, -0.2) is 28.2 Å². The number of hydrogen-bond acceptors (Lipinski definition) is 5. The van der Waals surface area contributed by atoms with Gasteiger partial charge in [0.2, 0.25) is 0 Å². The summed E-state index contributed by atoms with van der Waals surface area (Å²) in [6, 6.07) is 12.2. The summed E-state index contributed by atoms with van der Waals surface area (Å²) in [5.41, 5.74) is 4.26. The van der Waals surface area contributed by atoms with Crippen LogP contribution >= 0.6 is 23.2 Å². The number of aliphatic imine (C=N–C) groups is 1. The van der Waals surface area contributed by atoms with Crippen molar-refractivity contribution in [2.75, 3.05) is 11.9 Å². The minimum atomic E-state index is -0.251. The first-order valence-electron chi connectivity index (χ1n) is 9.30. The number of rotatable bonds is 5. The molecule has 152 valence electrons. The quantitative estimate of drug-likeness (QED) is 0.546. The number of aromatic nitrogens is 2. The second-order valence-corrected chi connectivity index (χ2v) is 7.70. The minimum absolute atomic E-state index is 0.0940. The van der Waals surface area contributed by atoms with Gasteiger partial charge in [-0.1, -0.05) is 35.3 Å². The number of carbonyl (C=O) groups excluding carboxylic acids is 1. The lowest BCUT2D eigenvalue weighted by atomic mass is 10.1. The summed E-state index contributed by atoms with van der Waals surface area (Å²) < 4.78 is 6.01. The van der Waals surface area contributed by atoms with Crippen LogP contribution in [0.25, 0.3) is 0 Å². The standard InChI is InChI=1S/C22H18Cl2N4O2/c1-12-6-7-16(28-22(29)14-4-3-5-15(23)8-14)9-18(12)30-10-17-19-20(13(2)27-17)25-11-26-21(19)24/h3-9,11,13H,10H2,1-2H3,(H,28,29). The second kappa shape index (κ2) is 8.42. The Bertz CT molecular complexity index is 1160. The van der Waals surface area contributed by atoms with E-state index in [0.717, 1.165) is 16.8 Å². The largest absolute Gasteiger partial charge is 0.487 e. The predicted molar refractivity (Wildman–Crippen MR) is 118 cm³/mol. The number of nitrogens with one attached hydrogen (secondary N) is 1. The fraction of sp³-hybridized carbons (Fsp3) is 0.182. The molecule has 0 spiro atoms. The Balaban J connectivity index is 1.50. The molecule has 0 fully saturated rings. The van der Waals surface area contributed by atoms with E-state index in [9.17, 15) is 4.79 Å². The lowest BCUT2D eigenvalue weighted by Gasteiger charge is -2.13. The van der Waals surface area contributed by atoms with Crippen LogP contribution in [0.5, 0.6) is 5.75 Å². The number of aryl methyl sites for hydroxylation is 1. The lowest BCUT2D eigenvalue weighted by molar-refractivity contribution is 0.102. The van der Waals surface area contributed by atoms with Crippen LogP contribution in [-0.2, 0) is 0 Å². The van der Waals surface area contributed by atoms with E-state index in [1.807, 2.05) is 26.0 Å². The van der Waals surface area contributed by atoms with Gasteiger partial charge in [-0.05, 0) is 43.7 Å². The number of anilines is 1. The molecule has 0 bridgehead atoms. The van der Waals surface area contributed by atoms with Crippen molar-refractivity contribution in [3.8, 4) is 5.75 Å². The summed E-state index contributed by atoms with van der Waals surface area (Å²) in [5, 5.41) is 3.74. The molecule has 1 aromatic heterocycles. The number of fused-ring (bicyclic) bond motifs is 1. The number of carbonyl (C=O) groups is 1. The molecule has 1 unspecified atom stereocenters. The first-order valence-corrected chi connectivity index (χ1v) is 10.1. The van der Waals surface area contributed by atoms with Crippen LogP contribution in [0.2, 0.25) is 10.2 Å². The minimum Gasteiger partial charge on any atom is -0.487 e. The molecule has 1 amide bonds. The van der Waals surface area contributed by atoms with Gasteiger partial charge < -0.3 is 10.1 Å². The summed E-state index contributed by atoms with van der Waals surface area (Å²) >= 11 is 12.2. The monoisotopic (exact) mass is 440 g/mol.